The third-order valence-electron chi connectivity index (χ3n) is 2.80. The van der Waals surface area contributed by atoms with Crippen LogP contribution in [-0.4, -0.2) is 24.8 Å². The van der Waals surface area contributed by atoms with Gasteiger partial charge < -0.3 is 15.2 Å². The Hall–Kier alpha value is -1.75. The maximum absolute atomic E-state index is 11.7. The van der Waals surface area contributed by atoms with E-state index in [-0.39, 0.29) is 6.04 Å². The minimum Gasteiger partial charge on any atom is -0.496 e. The molecule has 0 fully saturated rings. The summed E-state index contributed by atoms with van der Waals surface area (Å²) in [4.78, 5) is 11.7. The Morgan fingerprint density at radius 3 is 2.57 bits per heavy atom. The molecule has 1 rings (SSSR count). The highest BCUT2D eigenvalue weighted by molar-refractivity contribution is 5.85. The van der Waals surface area contributed by atoms with E-state index in [4.69, 9.17) is 15.2 Å². The average Bonchev–Trinajstić information content (AvgIpc) is 2.34. The highest BCUT2D eigenvalue weighted by atomic mass is 16.6. The van der Waals surface area contributed by atoms with Gasteiger partial charge in [0.05, 0.1) is 7.11 Å². The minimum atomic E-state index is -0.522. The monoisotopic (exact) mass is 294 g/mol. The van der Waals surface area contributed by atoms with Gasteiger partial charge in [-0.25, -0.2) is 4.79 Å². The van der Waals surface area contributed by atoms with Crippen molar-refractivity contribution >= 4 is 11.8 Å². The van der Waals surface area contributed by atoms with Gasteiger partial charge in [-0.2, -0.15) is 0 Å². The molecule has 0 aromatic heterocycles. The van der Waals surface area contributed by atoms with Crippen molar-refractivity contribution in [2.45, 2.75) is 52.2 Å². The van der Waals surface area contributed by atoms with Crippen LogP contribution in [0.5, 0.6) is 5.75 Å². The number of nitrogens with one attached hydrogen (secondary N) is 1. The lowest BCUT2D eigenvalue weighted by Crippen LogP contribution is -2.27. The first kappa shape index (κ1) is 17.3. The number of carbonyl (C=O) groups is 1. The lowest BCUT2D eigenvalue weighted by molar-refractivity contribution is 0.0636. The number of benzene rings is 1. The fourth-order valence-electron chi connectivity index (χ4n) is 1.83. The van der Waals surface area contributed by atoms with Gasteiger partial charge >= 0.3 is 6.09 Å². The van der Waals surface area contributed by atoms with Crippen LogP contribution in [0.2, 0.25) is 0 Å². The van der Waals surface area contributed by atoms with Crippen LogP contribution in [0.25, 0.3) is 0 Å². The molecule has 118 valence electrons. The van der Waals surface area contributed by atoms with Crippen molar-refractivity contribution < 1.29 is 14.3 Å². The van der Waals surface area contributed by atoms with Crippen LogP contribution < -0.4 is 15.8 Å². The van der Waals surface area contributed by atoms with Gasteiger partial charge in [0.15, 0.2) is 0 Å². The second-order valence-electron chi connectivity index (χ2n) is 6.17. The number of nitrogens with two attached hydrogens (primary N) is 1. The number of rotatable bonds is 5. The van der Waals surface area contributed by atoms with Crippen molar-refractivity contribution in [2.75, 3.05) is 12.4 Å². The summed E-state index contributed by atoms with van der Waals surface area (Å²) in [6.45, 7) is 7.45. The molecule has 0 aliphatic carbocycles. The van der Waals surface area contributed by atoms with Crippen molar-refractivity contribution in [3.8, 4) is 5.75 Å². The maximum Gasteiger partial charge on any atom is 0.412 e. The Kier molecular flexibility index (Phi) is 6.03. The number of anilines is 1. The van der Waals surface area contributed by atoms with Crippen LogP contribution in [0.3, 0.4) is 0 Å². The van der Waals surface area contributed by atoms with Gasteiger partial charge in [-0.05, 0) is 52.2 Å². The van der Waals surface area contributed by atoms with Gasteiger partial charge in [0, 0.05) is 17.8 Å². The molecular weight excluding hydrogens is 268 g/mol. The Morgan fingerprint density at radius 2 is 2.05 bits per heavy atom. The zero-order chi connectivity index (χ0) is 16.0. The average molecular weight is 294 g/mol. The van der Waals surface area contributed by atoms with Crippen molar-refractivity contribution in [1.82, 2.24) is 0 Å². The van der Waals surface area contributed by atoms with Crippen molar-refractivity contribution in [3.05, 3.63) is 23.8 Å². The highest BCUT2D eigenvalue weighted by Gasteiger charge is 2.16. The molecule has 0 bridgehead atoms. The first-order chi connectivity index (χ1) is 9.71. The van der Waals surface area contributed by atoms with E-state index >= 15 is 0 Å². The smallest absolute Gasteiger partial charge is 0.412 e. The molecule has 1 atom stereocenters. The summed E-state index contributed by atoms with van der Waals surface area (Å²) >= 11 is 0. The van der Waals surface area contributed by atoms with Crippen molar-refractivity contribution in [3.63, 3.8) is 0 Å². The van der Waals surface area contributed by atoms with E-state index in [1.807, 2.05) is 39.8 Å². The number of ether oxygens (including phenoxy) is 2. The van der Waals surface area contributed by atoms with Crippen molar-refractivity contribution in [2.24, 2.45) is 5.73 Å². The summed E-state index contributed by atoms with van der Waals surface area (Å²) in [5.41, 5.74) is 6.97. The number of carbonyl (C=O) groups excluding carboxylic acids is 1. The third-order valence-corrected chi connectivity index (χ3v) is 2.80. The Labute approximate surface area is 126 Å². The fraction of sp³-hybridized carbons (Fsp3) is 0.562. The first-order valence-electron chi connectivity index (χ1n) is 7.14. The Bertz CT molecular complexity index is 479. The van der Waals surface area contributed by atoms with Crippen LogP contribution in [0.4, 0.5) is 10.5 Å². The van der Waals surface area contributed by atoms with Crippen molar-refractivity contribution in [1.29, 1.82) is 0 Å². The maximum atomic E-state index is 11.7. The van der Waals surface area contributed by atoms with Gasteiger partial charge in [-0.3, -0.25) is 5.32 Å². The van der Waals surface area contributed by atoms with Gasteiger partial charge in [0.25, 0.3) is 0 Å². The van der Waals surface area contributed by atoms with E-state index in [9.17, 15) is 4.79 Å². The molecule has 3 N–H and O–H groups in total. The van der Waals surface area contributed by atoms with Gasteiger partial charge in [-0.15, -0.1) is 0 Å². The van der Waals surface area contributed by atoms with E-state index in [0.29, 0.717) is 5.69 Å². The van der Waals surface area contributed by atoms with E-state index in [1.165, 1.54) is 0 Å². The standard InChI is InChI=1S/C16H26N2O3/c1-11(17)6-7-12-8-9-13(10-14(12)20-5)18-15(19)21-16(2,3)4/h8-11H,6-7,17H2,1-5H3,(H,18,19)/t11-/m1/s1. The second kappa shape index (κ2) is 7.31. The van der Waals surface area contributed by atoms with E-state index in [0.717, 1.165) is 24.2 Å². The molecular formula is C16H26N2O3. The molecule has 1 aromatic rings. The van der Waals surface area contributed by atoms with E-state index in [1.54, 1.807) is 13.2 Å². The number of hydrogen-bond acceptors (Lipinski definition) is 4. The second-order valence-corrected chi connectivity index (χ2v) is 6.17. The van der Waals surface area contributed by atoms with Crippen LogP contribution in [0, 0.1) is 0 Å². The lowest BCUT2D eigenvalue weighted by atomic mass is 10.0. The number of amides is 1. The lowest BCUT2D eigenvalue weighted by Gasteiger charge is -2.20. The minimum absolute atomic E-state index is 0.147. The molecule has 0 saturated heterocycles. The van der Waals surface area contributed by atoms with E-state index in [2.05, 4.69) is 5.32 Å². The number of hydrogen-bond donors (Lipinski definition) is 2. The SMILES string of the molecule is COc1cc(NC(=O)OC(C)(C)C)ccc1CC[C@@H](C)N. The zero-order valence-corrected chi connectivity index (χ0v) is 13.5. The highest BCUT2D eigenvalue weighted by Crippen LogP contribution is 2.25. The summed E-state index contributed by atoms with van der Waals surface area (Å²) in [5, 5.41) is 2.70. The van der Waals surface area contributed by atoms with E-state index < -0.39 is 11.7 Å². The van der Waals surface area contributed by atoms with Crippen LogP contribution >= 0.6 is 0 Å². The van der Waals surface area contributed by atoms with Crippen LogP contribution in [0.15, 0.2) is 18.2 Å². The first-order valence-corrected chi connectivity index (χ1v) is 7.14. The number of methoxy groups -OCH3 is 1. The summed E-state index contributed by atoms with van der Waals surface area (Å²) < 4.78 is 10.6. The predicted molar refractivity (Wildman–Crippen MR) is 84.8 cm³/mol. The Morgan fingerprint density at radius 1 is 1.38 bits per heavy atom. The molecule has 0 heterocycles. The molecule has 5 nitrogen and oxygen atoms in total. The quantitative estimate of drug-likeness (QED) is 0.873. The number of aryl methyl sites for hydroxylation is 1. The zero-order valence-electron chi connectivity index (χ0n) is 13.5. The summed E-state index contributed by atoms with van der Waals surface area (Å²) in [6, 6.07) is 5.71. The van der Waals surface area contributed by atoms with Gasteiger partial charge in [-0.1, -0.05) is 6.07 Å². The molecule has 0 saturated carbocycles. The normalized spacial score (nSPS) is 12.7. The molecule has 1 aromatic carbocycles. The summed E-state index contributed by atoms with van der Waals surface area (Å²) in [6.07, 6.45) is 1.25. The molecule has 5 heteroatoms. The van der Waals surface area contributed by atoms with Gasteiger partial charge in [0.1, 0.15) is 11.4 Å². The largest absolute Gasteiger partial charge is 0.496 e. The molecule has 0 aliphatic heterocycles. The predicted octanol–water partition coefficient (Wildman–Crippen LogP) is 3.32. The van der Waals surface area contributed by atoms with Crippen LogP contribution in [0.1, 0.15) is 39.7 Å². The molecule has 0 unspecified atom stereocenters. The van der Waals surface area contributed by atoms with Crippen LogP contribution in [-0.2, 0) is 11.2 Å². The summed E-state index contributed by atoms with van der Waals surface area (Å²) in [5.74, 6) is 0.740. The van der Waals surface area contributed by atoms with Gasteiger partial charge in [0.2, 0.25) is 0 Å². The Balaban J connectivity index is 2.75. The molecule has 0 radical (unpaired) electrons. The topological polar surface area (TPSA) is 73.6 Å². The third kappa shape index (κ3) is 6.49. The molecule has 0 spiro atoms. The molecule has 21 heavy (non-hydrogen) atoms. The summed E-state index contributed by atoms with van der Waals surface area (Å²) in [7, 11) is 1.61. The molecule has 0 aliphatic rings. The fourth-order valence-corrected chi connectivity index (χ4v) is 1.83. The molecule has 1 amide bonds.